The fourth-order valence-corrected chi connectivity index (χ4v) is 6.42. The summed E-state index contributed by atoms with van der Waals surface area (Å²) in [5.74, 6) is 0.867. The summed E-state index contributed by atoms with van der Waals surface area (Å²) in [6, 6.07) is 59.5. The third-order valence-corrected chi connectivity index (χ3v) is 9.24. The van der Waals surface area contributed by atoms with E-state index in [9.17, 15) is 5.11 Å². The van der Waals surface area contributed by atoms with Crippen LogP contribution in [0.3, 0.4) is 0 Å². The molecule has 0 aromatic heterocycles. The van der Waals surface area contributed by atoms with Crippen molar-refractivity contribution in [2.24, 2.45) is 0 Å². The van der Waals surface area contributed by atoms with Gasteiger partial charge in [-0.15, -0.1) is 0 Å². The van der Waals surface area contributed by atoms with E-state index >= 15 is 0 Å². The van der Waals surface area contributed by atoms with Crippen LogP contribution in [0.25, 0.3) is 22.3 Å². The van der Waals surface area contributed by atoms with Crippen LogP contribution in [-0.2, 0) is 6.61 Å². The molecule has 0 bridgehead atoms. The first-order chi connectivity index (χ1) is 24.5. The van der Waals surface area contributed by atoms with Gasteiger partial charge in [-0.1, -0.05) is 97.1 Å². The number of rotatable bonds is 10. The molecule has 7 rings (SSSR count). The Hall–Kier alpha value is -6.10. The van der Waals surface area contributed by atoms with E-state index in [2.05, 4.69) is 162 Å². The molecular weight excluding hydrogens is 613 g/mol. The Morgan fingerprint density at radius 2 is 0.780 bits per heavy atom. The van der Waals surface area contributed by atoms with Crippen molar-refractivity contribution in [2.75, 3.05) is 16.9 Å². The van der Waals surface area contributed by atoms with Crippen LogP contribution in [0.15, 0.2) is 170 Å². The normalized spacial score (nSPS) is 10.9. The Balaban J connectivity index is 1.14. The van der Waals surface area contributed by atoms with E-state index in [1.54, 1.807) is 7.11 Å². The Labute approximate surface area is 295 Å². The van der Waals surface area contributed by atoms with Crippen LogP contribution in [-0.4, -0.2) is 12.2 Å². The van der Waals surface area contributed by atoms with E-state index < -0.39 is 0 Å². The largest absolute Gasteiger partial charge is 0.496 e. The molecule has 7 aromatic rings. The van der Waals surface area contributed by atoms with Crippen LogP contribution in [0.5, 0.6) is 5.75 Å². The number of aliphatic hydroxyl groups excluding tert-OH is 1. The standard InChI is InChI=1S/C46H40N2O2/c1-33-14-24-44(30-39(33)32-49)47(40-10-6-4-7-11-40)42-26-20-37(21-27-42)35-16-18-36(19-17-35)38-22-28-43(29-23-38)48(41-12-8-5-9-13-41)45-25-15-34(2)46(31-45)50-3/h4-31,49H,32H2,1-3H3. The molecule has 0 aliphatic carbocycles. The lowest BCUT2D eigenvalue weighted by Crippen LogP contribution is -2.10. The van der Waals surface area contributed by atoms with E-state index in [1.165, 1.54) is 0 Å². The zero-order valence-corrected chi connectivity index (χ0v) is 28.6. The van der Waals surface area contributed by atoms with Gasteiger partial charge < -0.3 is 19.6 Å². The molecule has 0 fully saturated rings. The molecule has 0 spiro atoms. The van der Waals surface area contributed by atoms with E-state index in [0.717, 1.165) is 78.8 Å². The van der Waals surface area contributed by atoms with Gasteiger partial charge in [0.15, 0.2) is 0 Å². The van der Waals surface area contributed by atoms with Gasteiger partial charge in [0.25, 0.3) is 0 Å². The first-order valence-corrected chi connectivity index (χ1v) is 16.9. The van der Waals surface area contributed by atoms with Crippen molar-refractivity contribution < 1.29 is 9.84 Å². The van der Waals surface area contributed by atoms with Crippen molar-refractivity contribution in [3.63, 3.8) is 0 Å². The first-order valence-electron chi connectivity index (χ1n) is 16.9. The fraction of sp³-hybridized carbons (Fsp3) is 0.0870. The maximum absolute atomic E-state index is 9.94. The summed E-state index contributed by atoms with van der Waals surface area (Å²) in [6.45, 7) is 4.10. The Kier molecular flexibility index (Phi) is 9.45. The number of aliphatic hydroxyl groups is 1. The second-order valence-electron chi connectivity index (χ2n) is 12.4. The highest BCUT2D eigenvalue weighted by atomic mass is 16.5. The smallest absolute Gasteiger partial charge is 0.123 e. The number of aryl methyl sites for hydroxylation is 2. The molecule has 0 saturated carbocycles. The summed E-state index contributed by atoms with van der Waals surface area (Å²) < 4.78 is 5.65. The highest BCUT2D eigenvalue weighted by Gasteiger charge is 2.16. The van der Waals surface area contributed by atoms with Crippen molar-refractivity contribution in [3.05, 3.63) is 187 Å². The minimum atomic E-state index is 0.0105. The Bertz CT molecular complexity index is 2020. The molecule has 50 heavy (non-hydrogen) atoms. The van der Waals surface area contributed by atoms with Gasteiger partial charge in [0.1, 0.15) is 5.75 Å². The van der Waals surface area contributed by atoms with E-state index in [1.807, 2.05) is 31.2 Å². The zero-order valence-electron chi connectivity index (χ0n) is 28.6. The van der Waals surface area contributed by atoms with E-state index in [0.29, 0.717) is 0 Å². The van der Waals surface area contributed by atoms with Crippen LogP contribution >= 0.6 is 0 Å². The van der Waals surface area contributed by atoms with Crippen LogP contribution in [0, 0.1) is 13.8 Å². The average molecular weight is 653 g/mol. The van der Waals surface area contributed by atoms with Gasteiger partial charge in [0, 0.05) is 40.2 Å². The van der Waals surface area contributed by atoms with Gasteiger partial charge in [-0.05, 0) is 120 Å². The minimum Gasteiger partial charge on any atom is -0.496 e. The van der Waals surface area contributed by atoms with Crippen molar-refractivity contribution in [3.8, 4) is 28.0 Å². The number of anilines is 6. The van der Waals surface area contributed by atoms with Gasteiger partial charge in [0.2, 0.25) is 0 Å². The highest BCUT2D eigenvalue weighted by Crippen LogP contribution is 2.39. The summed E-state index contributed by atoms with van der Waals surface area (Å²) in [5.41, 5.74) is 14.1. The number of ether oxygens (including phenoxy) is 1. The maximum atomic E-state index is 9.94. The molecule has 0 radical (unpaired) electrons. The number of nitrogens with zero attached hydrogens (tertiary/aromatic N) is 2. The predicted molar refractivity (Wildman–Crippen MR) is 209 cm³/mol. The van der Waals surface area contributed by atoms with Crippen molar-refractivity contribution in [2.45, 2.75) is 20.5 Å². The average Bonchev–Trinajstić information content (AvgIpc) is 3.18. The lowest BCUT2D eigenvalue weighted by molar-refractivity contribution is 0.281. The lowest BCUT2D eigenvalue weighted by atomic mass is 9.99. The topological polar surface area (TPSA) is 35.9 Å². The Morgan fingerprint density at radius 3 is 1.20 bits per heavy atom. The molecule has 0 saturated heterocycles. The van der Waals surface area contributed by atoms with Crippen LogP contribution in [0.1, 0.15) is 16.7 Å². The first kappa shape index (κ1) is 32.4. The maximum Gasteiger partial charge on any atom is 0.123 e. The van der Waals surface area contributed by atoms with E-state index in [4.69, 9.17) is 4.74 Å². The highest BCUT2D eigenvalue weighted by molar-refractivity contribution is 5.81. The molecule has 4 heteroatoms. The number of para-hydroxylation sites is 2. The SMILES string of the molecule is COc1cc(N(c2ccccc2)c2ccc(-c3ccc(-c4ccc(N(c5ccccc5)c5ccc(C)c(CO)c5)cc4)cc3)cc2)ccc1C. The molecule has 246 valence electrons. The second-order valence-corrected chi connectivity index (χ2v) is 12.4. The van der Waals surface area contributed by atoms with Gasteiger partial charge in [-0.3, -0.25) is 0 Å². The molecule has 0 amide bonds. The second kappa shape index (κ2) is 14.6. The molecule has 0 unspecified atom stereocenters. The molecule has 0 aliphatic rings. The minimum absolute atomic E-state index is 0.0105. The van der Waals surface area contributed by atoms with Gasteiger partial charge in [-0.2, -0.15) is 0 Å². The molecule has 7 aromatic carbocycles. The number of hydrogen-bond acceptors (Lipinski definition) is 4. The van der Waals surface area contributed by atoms with Gasteiger partial charge >= 0.3 is 0 Å². The fourth-order valence-electron chi connectivity index (χ4n) is 6.42. The van der Waals surface area contributed by atoms with Gasteiger partial charge in [-0.25, -0.2) is 0 Å². The Morgan fingerprint density at radius 1 is 0.420 bits per heavy atom. The molecule has 0 heterocycles. The summed E-state index contributed by atoms with van der Waals surface area (Å²) in [6.07, 6.45) is 0. The quantitative estimate of drug-likeness (QED) is 0.159. The summed E-state index contributed by atoms with van der Waals surface area (Å²) in [7, 11) is 1.72. The van der Waals surface area contributed by atoms with Crippen LogP contribution in [0.2, 0.25) is 0 Å². The van der Waals surface area contributed by atoms with Crippen LogP contribution < -0.4 is 14.5 Å². The van der Waals surface area contributed by atoms with Crippen molar-refractivity contribution >= 4 is 34.1 Å². The number of hydrogen-bond donors (Lipinski definition) is 1. The number of benzene rings is 7. The monoisotopic (exact) mass is 652 g/mol. The van der Waals surface area contributed by atoms with Crippen molar-refractivity contribution in [1.29, 1.82) is 0 Å². The van der Waals surface area contributed by atoms with E-state index in [-0.39, 0.29) is 6.61 Å². The molecular formula is C46H40N2O2. The zero-order chi connectivity index (χ0) is 34.5. The third-order valence-electron chi connectivity index (χ3n) is 9.24. The van der Waals surface area contributed by atoms with Crippen molar-refractivity contribution in [1.82, 2.24) is 0 Å². The molecule has 0 aliphatic heterocycles. The lowest BCUT2D eigenvalue weighted by Gasteiger charge is -2.26. The summed E-state index contributed by atoms with van der Waals surface area (Å²) >= 11 is 0. The predicted octanol–water partition coefficient (Wildman–Crippen LogP) is 12.1. The van der Waals surface area contributed by atoms with Gasteiger partial charge in [0.05, 0.1) is 13.7 Å². The molecule has 1 N–H and O–H groups in total. The third kappa shape index (κ3) is 6.75. The number of methoxy groups -OCH3 is 1. The molecule has 4 nitrogen and oxygen atoms in total. The summed E-state index contributed by atoms with van der Waals surface area (Å²) in [4.78, 5) is 4.48. The van der Waals surface area contributed by atoms with Crippen LogP contribution in [0.4, 0.5) is 34.1 Å². The molecule has 0 atom stereocenters. The summed E-state index contributed by atoms with van der Waals surface area (Å²) in [5, 5.41) is 9.94.